The van der Waals surface area contributed by atoms with E-state index in [1.54, 1.807) is 0 Å². The number of nitrogens with one attached hydrogen (secondary N) is 2. The Bertz CT molecular complexity index is 81.7. The van der Waals surface area contributed by atoms with Crippen LogP contribution in [-0.2, 0) is 4.74 Å². The maximum Gasteiger partial charge on any atom is 0.120 e. The van der Waals surface area contributed by atoms with Crippen molar-refractivity contribution < 1.29 is 4.74 Å². The summed E-state index contributed by atoms with van der Waals surface area (Å²) in [6.07, 6.45) is 1.44. The Kier molecular flexibility index (Phi) is 1.41. The molecule has 0 radical (unpaired) electrons. The van der Waals surface area contributed by atoms with Gasteiger partial charge in [0.05, 0.1) is 6.61 Å². The molecule has 3 heterocycles. The van der Waals surface area contributed by atoms with Crippen molar-refractivity contribution in [2.24, 2.45) is 0 Å². The van der Waals surface area contributed by atoms with Crippen molar-refractivity contribution in [2.75, 3.05) is 19.7 Å². The maximum atomic E-state index is 5.42. The van der Waals surface area contributed by atoms with E-state index in [9.17, 15) is 0 Å². The van der Waals surface area contributed by atoms with E-state index in [1.807, 2.05) is 0 Å². The highest BCUT2D eigenvalue weighted by Crippen LogP contribution is 2.05. The van der Waals surface area contributed by atoms with Crippen LogP contribution in [0.4, 0.5) is 0 Å². The van der Waals surface area contributed by atoms with Gasteiger partial charge in [-0.05, 0) is 6.42 Å². The van der Waals surface area contributed by atoms with Gasteiger partial charge in [0.15, 0.2) is 0 Å². The van der Waals surface area contributed by atoms with Crippen molar-refractivity contribution in [2.45, 2.75) is 18.7 Å². The highest BCUT2D eigenvalue weighted by atomic mass is 16.5. The zero-order valence-corrected chi connectivity index (χ0v) is 5.39. The number of ether oxygens (including phenoxy) is 1. The van der Waals surface area contributed by atoms with E-state index in [2.05, 4.69) is 10.6 Å². The van der Waals surface area contributed by atoms with Crippen LogP contribution in [0.3, 0.4) is 0 Å². The average Bonchev–Trinajstić information content (AvgIpc) is 2.21. The zero-order chi connectivity index (χ0) is 6.10. The summed E-state index contributed by atoms with van der Waals surface area (Å²) in [4.78, 5) is 0. The van der Waals surface area contributed by atoms with E-state index < -0.39 is 0 Å². The van der Waals surface area contributed by atoms with Crippen LogP contribution in [0.15, 0.2) is 0 Å². The third kappa shape index (κ3) is 1.08. The predicted molar refractivity (Wildman–Crippen MR) is 34.2 cm³/mol. The molecule has 2 unspecified atom stereocenters. The standard InChI is InChI=1S/C6H12N2O/c1-2-9-6-4-7-5(1)3-8-6/h5-8H,1-4H2. The first-order chi connectivity index (χ1) is 4.45. The molecule has 3 aliphatic rings. The van der Waals surface area contributed by atoms with Crippen LogP contribution < -0.4 is 10.6 Å². The van der Waals surface area contributed by atoms with Crippen LogP contribution in [0, 0.1) is 0 Å². The molecule has 3 aliphatic heterocycles. The summed E-state index contributed by atoms with van der Waals surface area (Å²) in [7, 11) is 0. The van der Waals surface area contributed by atoms with Crippen LogP contribution in [0.1, 0.15) is 6.42 Å². The molecule has 2 bridgehead atoms. The van der Waals surface area contributed by atoms with Gasteiger partial charge in [-0.25, -0.2) is 0 Å². The van der Waals surface area contributed by atoms with Gasteiger partial charge in [0.1, 0.15) is 6.23 Å². The van der Waals surface area contributed by atoms with E-state index in [1.165, 1.54) is 0 Å². The molecule has 0 aromatic heterocycles. The molecular weight excluding hydrogens is 116 g/mol. The minimum atomic E-state index is 0.281. The highest BCUT2D eigenvalue weighted by molar-refractivity contribution is 4.81. The lowest BCUT2D eigenvalue weighted by molar-refractivity contribution is 0.0468. The third-order valence-corrected chi connectivity index (χ3v) is 1.97. The van der Waals surface area contributed by atoms with Gasteiger partial charge in [0.25, 0.3) is 0 Å². The Morgan fingerprint density at radius 1 is 1.22 bits per heavy atom. The molecule has 0 aromatic rings. The molecule has 0 aliphatic carbocycles. The summed E-state index contributed by atoms with van der Waals surface area (Å²) in [5.41, 5.74) is 0. The number of hydrogen-bond acceptors (Lipinski definition) is 3. The molecular formula is C6H12N2O. The van der Waals surface area contributed by atoms with E-state index in [0.717, 1.165) is 26.1 Å². The quantitative estimate of drug-likeness (QED) is 0.452. The Hall–Kier alpha value is -0.120. The largest absolute Gasteiger partial charge is 0.362 e. The molecule has 0 amide bonds. The van der Waals surface area contributed by atoms with E-state index in [4.69, 9.17) is 4.74 Å². The van der Waals surface area contributed by atoms with Crippen molar-refractivity contribution in [1.29, 1.82) is 0 Å². The van der Waals surface area contributed by atoms with Gasteiger partial charge >= 0.3 is 0 Å². The fourth-order valence-corrected chi connectivity index (χ4v) is 1.37. The van der Waals surface area contributed by atoms with Crippen LogP contribution in [0.2, 0.25) is 0 Å². The molecule has 52 valence electrons. The lowest BCUT2D eigenvalue weighted by Gasteiger charge is -2.24. The maximum absolute atomic E-state index is 5.42. The van der Waals surface area contributed by atoms with Crippen molar-refractivity contribution >= 4 is 0 Å². The van der Waals surface area contributed by atoms with Gasteiger partial charge in [-0.15, -0.1) is 0 Å². The van der Waals surface area contributed by atoms with Crippen molar-refractivity contribution in [3.8, 4) is 0 Å². The molecule has 0 spiro atoms. The first-order valence-electron chi connectivity index (χ1n) is 3.53. The Morgan fingerprint density at radius 3 is 3.00 bits per heavy atom. The van der Waals surface area contributed by atoms with Gasteiger partial charge in [0.2, 0.25) is 0 Å². The minimum Gasteiger partial charge on any atom is -0.362 e. The molecule has 9 heavy (non-hydrogen) atoms. The summed E-state index contributed by atoms with van der Waals surface area (Å²) < 4.78 is 5.42. The topological polar surface area (TPSA) is 33.3 Å². The normalized spacial score (nSPS) is 42.7. The monoisotopic (exact) mass is 128 g/mol. The van der Waals surface area contributed by atoms with Gasteiger partial charge in [-0.2, -0.15) is 0 Å². The first-order valence-corrected chi connectivity index (χ1v) is 3.53. The number of rotatable bonds is 0. The third-order valence-electron chi connectivity index (χ3n) is 1.97. The molecule has 3 rings (SSSR count). The Labute approximate surface area is 54.8 Å². The Morgan fingerprint density at radius 2 is 2.22 bits per heavy atom. The number of piperazine rings is 1. The fourth-order valence-electron chi connectivity index (χ4n) is 1.37. The van der Waals surface area contributed by atoms with Crippen molar-refractivity contribution in [3.63, 3.8) is 0 Å². The van der Waals surface area contributed by atoms with Gasteiger partial charge in [0, 0.05) is 19.1 Å². The second-order valence-electron chi connectivity index (χ2n) is 2.66. The predicted octanol–water partition coefficient (Wildman–Crippen LogP) is -0.706. The zero-order valence-electron chi connectivity index (χ0n) is 5.39. The highest BCUT2D eigenvalue weighted by Gasteiger charge is 2.23. The van der Waals surface area contributed by atoms with Crippen molar-refractivity contribution in [1.82, 2.24) is 10.6 Å². The molecule has 3 nitrogen and oxygen atoms in total. The summed E-state index contributed by atoms with van der Waals surface area (Å²) in [5.74, 6) is 0. The van der Waals surface area contributed by atoms with Gasteiger partial charge < -0.3 is 10.1 Å². The minimum absolute atomic E-state index is 0.281. The lowest BCUT2D eigenvalue weighted by Crippen LogP contribution is -2.52. The SMILES string of the molecule is C1CC2CNC(CN2)O1. The molecule has 3 fully saturated rings. The molecule has 2 N–H and O–H groups in total. The smallest absolute Gasteiger partial charge is 0.120 e. The summed E-state index contributed by atoms with van der Waals surface area (Å²) >= 11 is 0. The van der Waals surface area contributed by atoms with Gasteiger partial charge in [-0.3, -0.25) is 5.32 Å². The molecule has 3 heteroatoms. The second-order valence-corrected chi connectivity index (χ2v) is 2.66. The number of fused-ring (bicyclic) bond motifs is 4. The van der Waals surface area contributed by atoms with Crippen LogP contribution in [0.5, 0.6) is 0 Å². The summed E-state index contributed by atoms with van der Waals surface area (Å²) in [5, 5.41) is 6.69. The van der Waals surface area contributed by atoms with Crippen LogP contribution in [-0.4, -0.2) is 32.0 Å². The van der Waals surface area contributed by atoms with Crippen molar-refractivity contribution in [3.05, 3.63) is 0 Å². The molecule has 0 aromatic carbocycles. The van der Waals surface area contributed by atoms with E-state index in [-0.39, 0.29) is 6.23 Å². The van der Waals surface area contributed by atoms with Crippen LogP contribution >= 0.6 is 0 Å². The molecule has 0 saturated carbocycles. The van der Waals surface area contributed by atoms with Gasteiger partial charge in [-0.1, -0.05) is 0 Å². The average molecular weight is 128 g/mol. The first kappa shape index (κ1) is 5.65. The summed E-state index contributed by atoms with van der Waals surface area (Å²) in [6, 6.07) is 0.656. The second kappa shape index (κ2) is 2.25. The van der Waals surface area contributed by atoms with E-state index >= 15 is 0 Å². The lowest BCUT2D eigenvalue weighted by atomic mass is 10.2. The summed E-state index contributed by atoms with van der Waals surface area (Å²) in [6.45, 7) is 2.96. The fraction of sp³-hybridized carbons (Fsp3) is 1.00. The molecule has 3 saturated heterocycles. The van der Waals surface area contributed by atoms with Crippen LogP contribution in [0.25, 0.3) is 0 Å². The Balaban J connectivity index is 2.03. The van der Waals surface area contributed by atoms with E-state index in [0.29, 0.717) is 6.04 Å². The number of hydrogen-bond donors (Lipinski definition) is 2. The molecule has 2 atom stereocenters.